The van der Waals surface area contributed by atoms with Gasteiger partial charge in [-0.1, -0.05) is 19.9 Å². The lowest BCUT2D eigenvalue weighted by molar-refractivity contribution is 0.0164. The highest BCUT2D eigenvalue weighted by Gasteiger charge is 2.26. The van der Waals surface area contributed by atoms with Gasteiger partial charge in [-0.25, -0.2) is 4.79 Å². The Labute approximate surface area is 122 Å². The van der Waals surface area contributed by atoms with Crippen molar-refractivity contribution in [3.05, 3.63) is 12.7 Å². The van der Waals surface area contributed by atoms with Crippen molar-refractivity contribution < 1.29 is 9.90 Å². The zero-order valence-corrected chi connectivity index (χ0v) is 13.0. The van der Waals surface area contributed by atoms with Crippen LogP contribution in [0.15, 0.2) is 12.7 Å². The molecule has 20 heavy (non-hydrogen) atoms. The van der Waals surface area contributed by atoms with E-state index in [2.05, 4.69) is 22.1 Å². The van der Waals surface area contributed by atoms with Crippen LogP contribution in [0.2, 0.25) is 0 Å². The standard InChI is InChI=1S/C15H29N3O2/c1-5-8-18-9-6-13(7-10-18)17-14(19)16-11-15(4,20)12(2)3/h5,12-13,20H,1,6-11H2,2-4H3,(H2,16,17,19). The minimum atomic E-state index is -0.870. The quantitative estimate of drug-likeness (QED) is 0.645. The molecule has 3 N–H and O–H groups in total. The molecule has 2 amide bonds. The average molecular weight is 283 g/mol. The molecule has 1 atom stereocenters. The molecule has 5 nitrogen and oxygen atoms in total. The Hall–Kier alpha value is -1.07. The van der Waals surface area contributed by atoms with E-state index in [0.29, 0.717) is 0 Å². The van der Waals surface area contributed by atoms with Crippen LogP contribution in [0.3, 0.4) is 0 Å². The molecule has 0 spiro atoms. The van der Waals surface area contributed by atoms with Crippen molar-refractivity contribution in [2.75, 3.05) is 26.2 Å². The Morgan fingerprint density at radius 3 is 2.60 bits per heavy atom. The monoisotopic (exact) mass is 283 g/mol. The van der Waals surface area contributed by atoms with Gasteiger partial charge in [-0.2, -0.15) is 0 Å². The maximum atomic E-state index is 11.8. The number of urea groups is 1. The maximum absolute atomic E-state index is 11.8. The van der Waals surface area contributed by atoms with E-state index < -0.39 is 5.60 Å². The SMILES string of the molecule is C=CCN1CCC(NC(=O)NCC(C)(O)C(C)C)CC1. The first kappa shape index (κ1) is 17.0. The minimum Gasteiger partial charge on any atom is -0.388 e. The molecule has 5 heteroatoms. The summed E-state index contributed by atoms with van der Waals surface area (Å²) in [7, 11) is 0. The molecule has 0 aliphatic carbocycles. The number of amides is 2. The highest BCUT2D eigenvalue weighted by Crippen LogP contribution is 2.14. The second-order valence-electron chi connectivity index (χ2n) is 6.20. The summed E-state index contributed by atoms with van der Waals surface area (Å²) in [4.78, 5) is 14.2. The van der Waals surface area contributed by atoms with E-state index in [4.69, 9.17) is 0 Å². The Bertz CT molecular complexity index is 321. The van der Waals surface area contributed by atoms with Gasteiger partial charge >= 0.3 is 6.03 Å². The van der Waals surface area contributed by atoms with E-state index in [1.165, 1.54) is 0 Å². The van der Waals surface area contributed by atoms with Crippen LogP contribution in [0.5, 0.6) is 0 Å². The Balaban J connectivity index is 2.25. The minimum absolute atomic E-state index is 0.102. The number of carbonyl (C=O) groups is 1. The zero-order chi connectivity index (χ0) is 15.2. The van der Waals surface area contributed by atoms with Crippen LogP contribution in [0, 0.1) is 5.92 Å². The molecule has 0 bridgehead atoms. The van der Waals surface area contributed by atoms with Crippen LogP contribution in [0.1, 0.15) is 33.6 Å². The first-order valence-electron chi connectivity index (χ1n) is 7.45. The largest absolute Gasteiger partial charge is 0.388 e. The number of hydrogen-bond acceptors (Lipinski definition) is 3. The van der Waals surface area contributed by atoms with Gasteiger partial charge in [0, 0.05) is 32.2 Å². The summed E-state index contributed by atoms with van der Waals surface area (Å²) in [6.45, 7) is 12.5. The number of nitrogens with one attached hydrogen (secondary N) is 2. The van der Waals surface area contributed by atoms with E-state index in [-0.39, 0.29) is 24.5 Å². The van der Waals surface area contributed by atoms with Crippen molar-refractivity contribution in [2.45, 2.75) is 45.3 Å². The molecule has 1 fully saturated rings. The molecule has 1 aliphatic heterocycles. The predicted octanol–water partition coefficient (Wildman–Crippen LogP) is 1.34. The third kappa shape index (κ3) is 5.51. The molecule has 0 aromatic rings. The number of likely N-dealkylation sites (tertiary alicyclic amines) is 1. The number of hydrogen-bond donors (Lipinski definition) is 3. The van der Waals surface area contributed by atoms with E-state index in [0.717, 1.165) is 32.5 Å². The highest BCUT2D eigenvalue weighted by atomic mass is 16.3. The fourth-order valence-corrected chi connectivity index (χ4v) is 2.14. The topological polar surface area (TPSA) is 64.6 Å². The fraction of sp³-hybridized carbons (Fsp3) is 0.800. The van der Waals surface area contributed by atoms with Crippen molar-refractivity contribution in [1.29, 1.82) is 0 Å². The molecule has 0 radical (unpaired) electrons. The molecule has 1 rings (SSSR count). The summed E-state index contributed by atoms with van der Waals surface area (Å²) in [5.74, 6) is 0.102. The van der Waals surface area contributed by atoms with Gasteiger partial charge in [0.25, 0.3) is 0 Å². The second-order valence-corrected chi connectivity index (χ2v) is 6.20. The number of carbonyl (C=O) groups excluding carboxylic acids is 1. The molecule has 1 saturated heterocycles. The van der Waals surface area contributed by atoms with Crippen molar-refractivity contribution in [3.63, 3.8) is 0 Å². The lowest BCUT2D eigenvalue weighted by Crippen LogP contribution is -2.51. The summed E-state index contributed by atoms with van der Waals surface area (Å²) in [6.07, 6.45) is 3.83. The molecule has 0 aromatic carbocycles. The Kier molecular flexibility index (Phi) is 6.49. The van der Waals surface area contributed by atoms with Crippen molar-refractivity contribution in [3.8, 4) is 0 Å². The normalized spacial score (nSPS) is 20.4. The summed E-state index contributed by atoms with van der Waals surface area (Å²) >= 11 is 0. The Morgan fingerprint density at radius 1 is 1.50 bits per heavy atom. The first-order chi connectivity index (χ1) is 9.35. The third-order valence-corrected chi connectivity index (χ3v) is 4.16. The van der Waals surface area contributed by atoms with E-state index in [1.807, 2.05) is 19.9 Å². The van der Waals surface area contributed by atoms with Crippen LogP contribution in [-0.2, 0) is 0 Å². The maximum Gasteiger partial charge on any atom is 0.315 e. The first-order valence-corrected chi connectivity index (χ1v) is 7.45. The molecular formula is C15H29N3O2. The van der Waals surface area contributed by atoms with Gasteiger partial charge in [-0.15, -0.1) is 6.58 Å². The predicted molar refractivity (Wildman–Crippen MR) is 81.7 cm³/mol. The van der Waals surface area contributed by atoms with Crippen molar-refractivity contribution in [1.82, 2.24) is 15.5 Å². The molecule has 0 saturated carbocycles. The lowest BCUT2D eigenvalue weighted by Gasteiger charge is -2.32. The highest BCUT2D eigenvalue weighted by molar-refractivity contribution is 5.74. The average Bonchev–Trinajstić information content (AvgIpc) is 2.39. The van der Waals surface area contributed by atoms with Crippen molar-refractivity contribution >= 4 is 6.03 Å². The smallest absolute Gasteiger partial charge is 0.315 e. The summed E-state index contributed by atoms with van der Waals surface area (Å²) in [6, 6.07) is 0.0353. The van der Waals surface area contributed by atoms with E-state index in [1.54, 1.807) is 6.92 Å². The number of aliphatic hydroxyl groups is 1. The van der Waals surface area contributed by atoms with Gasteiger partial charge in [0.1, 0.15) is 0 Å². The van der Waals surface area contributed by atoms with E-state index >= 15 is 0 Å². The van der Waals surface area contributed by atoms with Crippen molar-refractivity contribution in [2.24, 2.45) is 5.92 Å². The lowest BCUT2D eigenvalue weighted by atomic mass is 9.93. The van der Waals surface area contributed by atoms with Gasteiger partial charge in [-0.3, -0.25) is 4.90 Å². The molecular weight excluding hydrogens is 254 g/mol. The molecule has 1 heterocycles. The third-order valence-electron chi connectivity index (χ3n) is 4.16. The summed E-state index contributed by atoms with van der Waals surface area (Å²) in [5.41, 5.74) is -0.870. The molecule has 116 valence electrons. The molecule has 0 aromatic heterocycles. The molecule has 1 unspecified atom stereocenters. The van der Waals surface area contributed by atoms with Crippen LogP contribution in [-0.4, -0.2) is 53.9 Å². The summed E-state index contributed by atoms with van der Waals surface area (Å²) < 4.78 is 0. The van der Waals surface area contributed by atoms with Gasteiger partial charge in [-0.05, 0) is 25.7 Å². The number of rotatable bonds is 6. The molecule has 1 aliphatic rings. The van der Waals surface area contributed by atoms with Gasteiger partial charge < -0.3 is 15.7 Å². The fourth-order valence-electron chi connectivity index (χ4n) is 2.14. The number of nitrogens with zero attached hydrogens (tertiary/aromatic N) is 1. The summed E-state index contributed by atoms with van der Waals surface area (Å²) in [5, 5.41) is 15.8. The zero-order valence-electron chi connectivity index (χ0n) is 13.0. The number of piperidine rings is 1. The van der Waals surface area contributed by atoms with Gasteiger partial charge in [0.15, 0.2) is 0 Å². The van der Waals surface area contributed by atoms with Crippen LogP contribution in [0.25, 0.3) is 0 Å². The van der Waals surface area contributed by atoms with E-state index in [9.17, 15) is 9.90 Å². The second kappa shape index (κ2) is 7.64. The van der Waals surface area contributed by atoms with Gasteiger partial charge in [0.05, 0.1) is 5.60 Å². The van der Waals surface area contributed by atoms with Crippen LogP contribution >= 0.6 is 0 Å². The van der Waals surface area contributed by atoms with Crippen LogP contribution in [0.4, 0.5) is 4.79 Å². The van der Waals surface area contributed by atoms with Gasteiger partial charge in [0.2, 0.25) is 0 Å². The Morgan fingerprint density at radius 2 is 2.10 bits per heavy atom. The van der Waals surface area contributed by atoms with Crippen LogP contribution < -0.4 is 10.6 Å².